The van der Waals surface area contributed by atoms with Crippen LogP contribution in [-0.4, -0.2) is 37.2 Å². The molecular formula is C17H21N7O2. The third-order valence-corrected chi connectivity index (χ3v) is 3.92. The van der Waals surface area contributed by atoms with E-state index in [4.69, 9.17) is 10.9 Å². The zero-order valence-corrected chi connectivity index (χ0v) is 14.2. The molecule has 0 atom stereocenters. The van der Waals surface area contributed by atoms with Crippen molar-refractivity contribution in [2.24, 2.45) is 0 Å². The number of hydrogen-bond acceptors (Lipinski definition) is 7. The molecule has 0 aliphatic heterocycles. The van der Waals surface area contributed by atoms with Gasteiger partial charge in [0.1, 0.15) is 0 Å². The van der Waals surface area contributed by atoms with Gasteiger partial charge in [0.15, 0.2) is 17.0 Å². The van der Waals surface area contributed by atoms with E-state index in [1.54, 1.807) is 11.8 Å². The van der Waals surface area contributed by atoms with E-state index in [0.717, 1.165) is 12.0 Å². The maximum Gasteiger partial charge on any atom is 0.243 e. The summed E-state index contributed by atoms with van der Waals surface area (Å²) in [5.74, 6) is 0.360. The lowest BCUT2D eigenvalue weighted by Crippen LogP contribution is -2.18. The largest absolute Gasteiger partial charge is 0.368 e. The number of unbranched alkanes of at least 4 members (excludes halogenated alkanes) is 1. The summed E-state index contributed by atoms with van der Waals surface area (Å²) in [5.41, 5.74) is 9.93. The van der Waals surface area contributed by atoms with Gasteiger partial charge >= 0.3 is 0 Å². The van der Waals surface area contributed by atoms with Gasteiger partial charge in [-0.1, -0.05) is 30.3 Å². The van der Waals surface area contributed by atoms with Crippen LogP contribution in [0.2, 0.25) is 0 Å². The lowest BCUT2D eigenvalue weighted by atomic mass is 10.2. The molecule has 1 aromatic carbocycles. The highest BCUT2D eigenvalue weighted by Crippen LogP contribution is 2.20. The van der Waals surface area contributed by atoms with Gasteiger partial charge in [-0.05, 0) is 18.4 Å². The number of aromatic nitrogens is 4. The molecule has 0 saturated carbocycles. The minimum absolute atomic E-state index is 0.175. The smallest absolute Gasteiger partial charge is 0.243 e. The van der Waals surface area contributed by atoms with Crippen LogP contribution in [0.5, 0.6) is 0 Å². The Morgan fingerprint density at radius 2 is 2.00 bits per heavy atom. The van der Waals surface area contributed by atoms with E-state index < -0.39 is 5.91 Å². The SMILES string of the molecule is Nc1nc(NCCCCC(=O)NO)c2ncn(Cc3ccccc3)c2n1. The number of fused-ring (bicyclic) bond motifs is 1. The van der Waals surface area contributed by atoms with Gasteiger partial charge in [-0.2, -0.15) is 9.97 Å². The first-order chi connectivity index (χ1) is 12.7. The number of hydrogen-bond donors (Lipinski definition) is 4. The standard InChI is InChI=1S/C17H21N7O2/c18-17-21-15(19-9-5-4-8-13(25)23-26)14-16(22-17)24(11-20-14)10-12-6-2-1-3-7-12/h1-3,6-7,11,26H,4-5,8-10H2,(H,23,25)(H3,18,19,21,22). The maximum atomic E-state index is 11.0. The number of imidazole rings is 1. The van der Waals surface area contributed by atoms with Crippen LogP contribution in [0.25, 0.3) is 11.2 Å². The fraction of sp³-hybridized carbons (Fsp3) is 0.294. The van der Waals surface area contributed by atoms with E-state index in [2.05, 4.69) is 20.3 Å². The highest BCUT2D eigenvalue weighted by atomic mass is 16.5. The number of rotatable bonds is 8. The van der Waals surface area contributed by atoms with Crippen molar-refractivity contribution in [2.75, 3.05) is 17.6 Å². The number of anilines is 2. The van der Waals surface area contributed by atoms with Crippen molar-refractivity contribution >= 4 is 28.8 Å². The summed E-state index contributed by atoms with van der Waals surface area (Å²) in [6.45, 7) is 1.25. The van der Waals surface area contributed by atoms with Crippen molar-refractivity contribution in [1.82, 2.24) is 25.0 Å². The Morgan fingerprint density at radius 1 is 1.19 bits per heavy atom. The van der Waals surface area contributed by atoms with Gasteiger partial charge in [0, 0.05) is 13.0 Å². The van der Waals surface area contributed by atoms with Crippen LogP contribution in [0.4, 0.5) is 11.8 Å². The summed E-state index contributed by atoms with van der Waals surface area (Å²) in [7, 11) is 0. The van der Waals surface area contributed by atoms with Gasteiger partial charge in [-0.25, -0.2) is 10.5 Å². The molecule has 0 fully saturated rings. The monoisotopic (exact) mass is 355 g/mol. The fourth-order valence-electron chi connectivity index (χ4n) is 2.65. The molecule has 9 heteroatoms. The molecule has 9 nitrogen and oxygen atoms in total. The molecule has 3 rings (SSSR count). The summed E-state index contributed by atoms with van der Waals surface area (Å²) in [6, 6.07) is 10.0. The van der Waals surface area contributed by atoms with Crippen molar-refractivity contribution in [1.29, 1.82) is 0 Å². The van der Waals surface area contributed by atoms with Gasteiger partial charge < -0.3 is 15.6 Å². The highest BCUT2D eigenvalue weighted by molar-refractivity contribution is 5.84. The van der Waals surface area contributed by atoms with Gasteiger partial charge in [0.25, 0.3) is 0 Å². The zero-order valence-electron chi connectivity index (χ0n) is 14.2. The van der Waals surface area contributed by atoms with E-state index in [-0.39, 0.29) is 12.4 Å². The van der Waals surface area contributed by atoms with Crippen LogP contribution in [-0.2, 0) is 11.3 Å². The Kier molecular flexibility index (Phi) is 5.59. The molecule has 2 heterocycles. The van der Waals surface area contributed by atoms with Gasteiger partial charge in [0.2, 0.25) is 11.9 Å². The third-order valence-electron chi connectivity index (χ3n) is 3.92. The van der Waals surface area contributed by atoms with E-state index >= 15 is 0 Å². The highest BCUT2D eigenvalue weighted by Gasteiger charge is 2.12. The number of nitrogen functional groups attached to an aromatic ring is 1. The first-order valence-corrected chi connectivity index (χ1v) is 8.36. The Morgan fingerprint density at radius 3 is 2.77 bits per heavy atom. The predicted octanol–water partition coefficient (Wildman–Crippen LogP) is 1.54. The normalized spacial score (nSPS) is 10.8. The fourth-order valence-corrected chi connectivity index (χ4v) is 2.65. The number of benzene rings is 1. The number of nitrogens with one attached hydrogen (secondary N) is 2. The lowest BCUT2D eigenvalue weighted by Gasteiger charge is -2.08. The number of carbonyl (C=O) groups is 1. The topological polar surface area (TPSA) is 131 Å². The van der Waals surface area contributed by atoms with Gasteiger partial charge in [-0.15, -0.1) is 0 Å². The molecule has 0 spiro atoms. The molecule has 5 N–H and O–H groups in total. The molecule has 0 aliphatic carbocycles. The molecule has 0 aliphatic rings. The first-order valence-electron chi connectivity index (χ1n) is 8.36. The Balaban J connectivity index is 1.70. The van der Waals surface area contributed by atoms with Crippen molar-refractivity contribution in [3.8, 4) is 0 Å². The van der Waals surface area contributed by atoms with E-state index in [1.165, 1.54) is 0 Å². The lowest BCUT2D eigenvalue weighted by molar-refractivity contribution is -0.129. The van der Waals surface area contributed by atoms with Crippen LogP contribution in [0.3, 0.4) is 0 Å². The third kappa shape index (κ3) is 4.25. The van der Waals surface area contributed by atoms with Crippen LogP contribution in [0.15, 0.2) is 36.7 Å². The van der Waals surface area contributed by atoms with Crippen molar-refractivity contribution in [2.45, 2.75) is 25.8 Å². The molecule has 0 unspecified atom stereocenters. The first kappa shape index (κ1) is 17.6. The summed E-state index contributed by atoms with van der Waals surface area (Å²) in [6.07, 6.45) is 3.38. The number of carbonyl (C=O) groups excluding carboxylic acids is 1. The van der Waals surface area contributed by atoms with Crippen molar-refractivity contribution in [3.05, 3.63) is 42.2 Å². The van der Waals surface area contributed by atoms with Crippen LogP contribution in [0.1, 0.15) is 24.8 Å². The van der Waals surface area contributed by atoms with Crippen LogP contribution >= 0.6 is 0 Å². The van der Waals surface area contributed by atoms with Crippen LogP contribution < -0.4 is 16.5 Å². The summed E-state index contributed by atoms with van der Waals surface area (Å²) in [4.78, 5) is 24.0. The van der Waals surface area contributed by atoms with Crippen molar-refractivity contribution in [3.63, 3.8) is 0 Å². The average Bonchev–Trinajstić information content (AvgIpc) is 3.04. The second-order valence-electron chi connectivity index (χ2n) is 5.88. The molecule has 26 heavy (non-hydrogen) atoms. The van der Waals surface area contributed by atoms with Gasteiger partial charge in [-0.3, -0.25) is 10.0 Å². The molecule has 0 bridgehead atoms. The summed E-state index contributed by atoms with van der Waals surface area (Å²) < 4.78 is 1.93. The molecule has 2 aromatic heterocycles. The summed E-state index contributed by atoms with van der Waals surface area (Å²) in [5, 5.41) is 11.7. The minimum Gasteiger partial charge on any atom is -0.368 e. The number of nitrogens with zero attached hydrogens (tertiary/aromatic N) is 4. The molecule has 136 valence electrons. The molecule has 1 amide bonds. The quantitative estimate of drug-likeness (QED) is 0.274. The van der Waals surface area contributed by atoms with E-state index in [9.17, 15) is 4.79 Å². The predicted molar refractivity (Wildman–Crippen MR) is 97.5 cm³/mol. The maximum absolute atomic E-state index is 11.0. The zero-order chi connectivity index (χ0) is 18.4. The van der Waals surface area contributed by atoms with Crippen molar-refractivity contribution < 1.29 is 10.0 Å². The Labute approximate surface area is 150 Å². The Hall–Kier alpha value is -3.20. The number of hydroxylamine groups is 1. The molecule has 3 aromatic rings. The van der Waals surface area contributed by atoms with Gasteiger partial charge in [0.05, 0.1) is 12.9 Å². The summed E-state index contributed by atoms with van der Waals surface area (Å²) >= 11 is 0. The second-order valence-corrected chi connectivity index (χ2v) is 5.88. The molecule has 0 saturated heterocycles. The van der Waals surface area contributed by atoms with Crippen LogP contribution in [0, 0.1) is 0 Å². The number of amides is 1. The molecular weight excluding hydrogens is 334 g/mol. The molecule has 0 radical (unpaired) electrons. The second kappa shape index (κ2) is 8.26. The average molecular weight is 355 g/mol. The van der Waals surface area contributed by atoms with E-state index in [0.29, 0.717) is 36.5 Å². The number of nitrogens with two attached hydrogens (primary N) is 1. The minimum atomic E-state index is -0.390. The van der Waals surface area contributed by atoms with E-state index in [1.807, 2.05) is 34.9 Å². The Bertz CT molecular complexity index is 879.